The highest BCUT2D eigenvalue weighted by atomic mass is 16.5. The molecule has 2 aromatic rings. The summed E-state index contributed by atoms with van der Waals surface area (Å²) in [6.07, 6.45) is 7.02. The first-order chi connectivity index (χ1) is 16.5. The van der Waals surface area contributed by atoms with E-state index in [0.717, 1.165) is 36.4 Å². The second-order valence-electron chi connectivity index (χ2n) is 10.9. The van der Waals surface area contributed by atoms with Gasteiger partial charge in [-0.3, -0.25) is 9.69 Å². The molecule has 34 heavy (non-hydrogen) atoms. The number of amides is 1. The molecular weight excluding hydrogens is 422 g/mol. The van der Waals surface area contributed by atoms with Crippen LogP contribution in [0.1, 0.15) is 56.3 Å². The average molecular weight is 462 g/mol. The van der Waals surface area contributed by atoms with Gasteiger partial charge in [0, 0.05) is 49.2 Å². The highest BCUT2D eigenvalue weighted by Crippen LogP contribution is 2.38. The molecule has 1 amide bonds. The van der Waals surface area contributed by atoms with Crippen molar-refractivity contribution in [2.45, 2.75) is 52.0 Å². The molecule has 2 heterocycles. The molecule has 1 N–H and O–H groups in total. The second kappa shape index (κ2) is 10.4. The van der Waals surface area contributed by atoms with Crippen molar-refractivity contribution in [1.29, 1.82) is 0 Å². The van der Waals surface area contributed by atoms with Crippen molar-refractivity contribution in [1.82, 2.24) is 4.90 Å². The van der Waals surface area contributed by atoms with Crippen molar-refractivity contribution in [3.8, 4) is 5.75 Å². The molecule has 1 aliphatic carbocycles. The summed E-state index contributed by atoms with van der Waals surface area (Å²) >= 11 is 0. The number of anilines is 2. The monoisotopic (exact) mass is 461 g/mol. The number of hydrogen-bond acceptors (Lipinski definition) is 4. The number of rotatable bonds is 7. The smallest absolute Gasteiger partial charge is 0.255 e. The Balaban J connectivity index is 1.13. The molecule has 5 nitrogen and oxygen atoms in total. The van der Waals surface area contributed by atoms with Gasteiger partial charge in [0.1, 0.15) is 5.75 Å². The summed E-state index contributed by atoms with van der Waals surface area (Å²) in [5.41, 5.74) is 2.71. The van der Waals surface area contributed by atoms with E-state index >= 15 is 0 Å². The maximum Gasteiger partial charge on any atom is 0.255 e. The van der Waals surface area contributed by atoms with E-state index < -0.39 is 0 Å². The number of likely N-dealkylation sites (tertiary alicyclic amines) is 1. The van der Waals surface area contributed by atoms with Crippen molar-refractivity contribution in [3.63, 3.8) is 0 Å². The van der Waals surface area contributed by atoms with E-state index in [0.29, 0.717) is 24.1 Å². The van der Waals surface area contributed by atoms with Gasteiger partial charge in [0.2, 0.25) is 0 Å². The normalized spacial score (nSPS) is 24.9. The maximum absolute atomic E-state index is 12.7. The molecule has 0 radical (unpaired) electrons. The van der Waals surface area contributed by atoms with Gasteiger partial charge in [0.15, 0.2) is 0 Å². The van der Waals surface area contributed by atoms with Gasteiger partial charge in [-0.2, -0.15) is 0 Å². The Morgan fingerprint density at radius 2 is 1.62 bits per heavy atom. The van der Waals surface area contributed by atoms with Crippen LogP contribution in [0.5, 0.6) is 5.75 Å². The molecule has 5 heteroatoms. The Labute approximate surface area is 204 Å². The van der Waals surface area contributed by atoms with Crippen LogP contribution in [0.25, 0.3) is 0 Å². The van der Waals surface area contributed by atoms with E-state index in [9.17, 15) is 4.79 Å². The van der Waals surface area contributed by atoms with E-state index in [2.05, 4.69) is 41.1 Å². The molecule has 3 unspecified atom stereocenters. The summed E-state index contributed by atoms with van der Waals surface area (Å²) in [7, 11) is 0. The summed E-state index contributed by atoms with van der Waals surface area (Å²) in [6.45, 7) is 9.79. The summed E-state index contributed by atoms with van der Waals surface area (Å²) in [5.74, 6) is 3.08. The third kappa shape index (κ3) is 5.41. The topological polar surface area (TPSA) is 44.8 Å². The number of ether oxygens (including phenoxy) is 1. The average Bonchev–Trinajstić information content (AvgIpc) is 3.51. The SMILES string of the molecule is CC(C)COc1ccc(C(=O)Nc2ccc(N3CCC(N4CC5CCCCC5C4)C3)cc2)cc1. The van der Waals surface area contributed by atoms with E-state index in [4.69, 9.17) is 4.74 Å². The molecule has 5 rings (SSSR count). The first-order valence-electron chi connectivity index (χ1n) is 13.2. The van der Waals surface area contributed by atoms with Crippen LogP contribution in [0.2, 0.25) is 0 Å². The van der Waals surface area contributed by atoms with Crippen molar-refractivity contribution < 1.29 is 9.53 Å². The predicted molar refractivity (Wildman–Crippen MR) is 139 cm³/mol. The Hall–Kier alpha value is -2.53. The lowest BCUT2D eigenvalue weighted by Crippen LogP contribution is -2.36. The third-order valence-electron chi connectivity index (χ3n) is 7.87. The lowest BCUT2D eigenvalue weighted by molar-refractivity contribution is 0.102. The van der Waals surface area contributed by atoms with Gasteiger partial charge in [-0.15, -0.1) is 0 Å². The van der Waals surface area contributed by atoms with Crippen LogP contribution in [-0.4, -0.2) is 49.6 Å². The molecule has 182 valence electrons. The molecule has 2 aliphatic heterocycles. The summed E-state index contributed by atoms with van der Waals surface area (Å²) in [6, 6.07) is 16.4. The molecule has 0 aromatic heterocycles. The summed E-state index contributed by atoms with van der Waals surface area (Å²) in [5, 5.41) is 3.02. The quantitative estimate of drug-likeness (QED) is 0.577. The summed E-state index contributed by atoms with van der Waals surface area (Å²) < 4.78 is 5.71. The molecule has 3 fully saturated rings. The maximum atomic E-state index is 12.7. The van der Waals surface area contributed by atoms with Crippen LogP contribution in [-0.2, 0) is 0 Å². The van der Waals surface area contributed by atoms with E-state index in [1.807, 2.05) is 36.4 Å². The molecular formula is C29H39N3O2. The van der Waals surface area contributed by atoms with Crippen LogP contribution in [0, 0.1) is 17.8 Å². The van der Waals surface area contributed by atoms with Gasteiger partial charge in [-0.05, 0) is 85.5 Å². The molecule has 2 saturated heterocycles. The van der Waals surface area contributed by atoms with Gasteiger partial charge >= 0.3 is 0 Å². The van der Waals surface area contributed by atoms with Crippen molar-refractivity contribution in [2.75, 3.05) is 43.0 Å². The zero-order valence-corrected chi connectivity index (χ0v) is 20.7. The number of nitrogens with zero attached hydrogens (tertiary/aromatic N) is 2. The van der Waals surface area contributed by atoms with Gasteiger partial charge < -0.3 is 15.0 Å². The number of benzene rings is 2. The lowest BCUT2D eigenvalue weighted by Gasteiger charge is -2.25. The zero-order chi connectivity index (χ0) is 23.5. The van der Waals surface area contributed by atoms with Crippen LogP contribution in [0.3, 0.4) is 0 Å². The Bertz CT molecular complexity index is 942. The minimum atomic E-state index is -0.0973. The van der Waals surface area contributed by atoms with E-state index in [1.165, 1.54) is 50.9 Å². The minimum Gasteiger partial charge on any atom is -0.493 e. The van der Waals surface area contributed by atoms with E-state index in [1.54, 1.807) is 0 Å². The van der Waals surface area contributed by atoms with Crippen molar-refractivity contribution in [2.24, 2.45) is 17.8 Å². The fourth-order valence-electron chi connectivity index (χ4n) is 5.94. The van der Waals surface area contributed by atoms with Gasteiger partial charge in [-0.25, -0.2) is 0 Å². The van der Waals surface area contributed by atoms with Crippen molar-refractivity contribution in [3.05, 3.63) is 54.1 Å². The van der Waals surface area contributed by atoms with Crippen LogP contribution < -0.4 is 15.0 Å². The number of carbonyl (C=O) groups is 1. The lowest BCUT2D eigenvalue weighted by atomic mass is 9.82. The number of fused-ring (bicyclic) bond motifs is 1. The van der Waals surface area contributed by atoms with Crippen LogP contribution in [0.15, 0.2) is 48.5 Å². The summed E-state index contributed by atoms with van der Waals surface area (Å²) in [4.78, 5) is 18.0. The van der Waals surface area contributed by atoms with Crippen molar-refractivity contribution >= 4 is 17.3 Å². The second-order valence-corrected chi connectivity index (χ2v) is 10.9. The predicted octanol–water partition coefficient (Wildman–Crippen LogP) is 5.67. The minimum absolute atomic E-state index is 0.0973. The standard InChI is InChI=1S/C29H39N3O2/c1-21(2)20-34-28-13-7-22(8-14-28)29(33)30-25-9-11-26(12-10-25)31-16-15-27(19-31)32-17-23-5-3-4-6-24(23)18-32/h7-14,21,23-24,27H,3-6,15-20H2,1-2H3,(H,30,33). The highest BCUT2D eigenvalue weighted by molar-refractivity contribution is 6.04. The van der Waals surface area contributed by atoms with Gasteiger partial charge in [0.25, 0.3) is 5.91 Å². The van der Waals surface area contributed by atoms with Gasteiger partial charge in [0.05, 0.1) is 6.61 Å². The Morgan fingerprint density at radius 1 is 0.941 bits per heavy atom. The Kier molecular flexibility index (Phi) is 7.10. The fourth-order valence-corrected chi connectivity index (χ4v) is 5.94. The molecule has 2 aromatic carbocycles. The van der Waals surface area contributed by atoms with Crippen LogP contribution in [0.4, 0.5) is 11.4 Å². The first-order valence-corrected chi connectivity index (χ1v) is 13.2. The third-order valence-corrected chi connectivity index (χ3v) is 7.87. The first kappa shape index (κ1) is 23.2. The highest BCUT2D eigenvalue weighted by Gasteiger charge is 2.39. The number of nitrogens with one attached hydrogen (secondary N) is 1. The molecule has 3 atom stereocenters. The van der Waals surface area contributed by atoms with Crippen LogP contribution >= 0.6 is 0 Å². The molecule has 0 spiro atoms. The Morgan fingerprint density at radius 3 is 2.26 bits per heavy atom. The van der Waals surface area contributed by atoms with E-state index in [-0.39, 0.29) is 5.91 Å². The number of hydrogen-bond donors (Lipinski definition) is 1. The van der Waals surface area contributed by atoms with Gasteiger partial charge in [-0.1, -0.05) is 26.7 Å². The molecule has 1 saturated carbocycles. The molecule has 3 aliphatic rings. The fraction of sp³-hybridized carbons (Fsp3) is 0.552. The largest absolute Gasteiger partial charge is 0.493 e. The number of carbonyl (C=O) groups excluding carboxylic acids is 1. The molecule has 0 bridgehead atoms. The zero-order valence-electron chi connectivity index (χ0n) is 20.7.